The summed E-state index contributed by atoms with van der Waals surface area (Å²) < 4.78 is 29.4. The number of anilines is 1. The maximum absolute atomic E-state index is 14.4. The van der Waals surface area contributed by atoms with Crippen LogP contribution in [0.25, 0.3) is 5.69 Å². The Morgan fingerprint density at radius 1 is 1.28 bits per heavy atom. The van der Waals surface area contributed by atoms with E-state index in [2.05, 4.69) is 26.5 Å². The fourth-order valence-electron chi connectivity index (χ4n) is 5.18. The highest BCUT2D eigenvalue weighted by atomic mass is 19.2. The van der Waals surface area contributed by atoms with Gasteiger partial charge in [-0.15, -0.1) is 0 Å². The molecule has 0 saturated carbocycles. The van der Waals surface area contributed by atoms with Gasteiger partial charge in [0.2, 0.25) is 5.91 Å². The van der Waals surface area contributed by atoms with Crippen molar-refractivity contribution in [2.24, 2.45) is 11.7 Å². The molecular weight excluding hydrogens is 470 g/mol. The van der Waals surface area contributed by atoms with Gasteiger partial charge in [-0.25, -0.2) is 8.78 Å². The summed E-state index contributed by atoms with van der Waals surface area (Å²) in [5.74, 6) is -2.08. The Balaban J connectivity index is 1.35. The van der Waals surface area contributed by atoms with Gasteiger partial charge in [0, 0.05) is 44.7 Å². The lowest BCUT2D eigenvalue weighted by Crippen LogP contribution is -2.55. The summed E-state index contributed by atoms with van der Waals surface area (Å²) in [6.45, 7) is 2.91. The normalized spacial score (nSPS) is 26.4. The van der Waals surface area contributed by atoms with Crippen LogP contribution >= 0.6 is 0 Å². The molecule has 0 radical (unpaired) electrons. The number of amides is 1. The number of rotatable bonds is 5. The van der Waals surface area contributed by atoms with Crippen molar-refractivity contribution in [1.82, 2.24) is 30.0 Å². The highest BCUT2D eigenvalue weighted by molar-refractivity contribution is 5.78. The van der Waals surface area contributed by atoms with Gasteiger partial charge in [-0.1, -0.05) is 29.4 Å². The van der Waals surface area contributed by atoms with Crippen LogP contribution in [0, 0.1) is 17.6 Å². The maximum Gasteiger partial charge on any atom is 0.254 e. The van der Waals surface area contributed by atoms with Gasteiger partial charge in [0.15, 0.2) is 11.6 Å². The van der Waals surface area contributed by atoms with E-state index < -0.39 is 17.7 Å². The predicted octanol–water partition coefficient (Wildman–Crippen LogP) is 1.16. The van der Waals surface area contributed by atoms with Crippen molar-refractivity contribution in [3.63, 3.8) is 0 Å². The molecule has 1 aromatic carbocycles. The molecule has 3 aliphatic rings. The summed E-state index contributed by atoms with van der Waals surface area (Å²) in [7, 11) is 0. The van der Waals surface area contributed by atoms with E-state index in [1.54, 1.807) is 16.0 Å². The lowest BCUT2D eigenvalue weighted by molar-refractivity contribution is -0.132. The van der Waals surface area contributed by atoms with E-state index in [4.69, 9.17) is 5.73 Å². The Kier molecular flexibility index (Phi) is 6.46. The molecule has 1 saturated heterocycles. The number of nitrogens with zero attached hydrogens (tertiary/aromatic N) is 7. The fourth-order valence-corrected chi connectivity index (χ4v) is 5.18. The number of tetrazole rings is 1. The zero-order chi connectivity index (χ0) is 25.4. The van der Waals surface area contributed by atoms with Gasteiger partial charge in [0.1, 0.15) is 12.0 Å². The zero-order valence-electron chi connectivity index (χ0n) is 19.6. The van der Waals surface area contributed by atoms with Gasteiger partial charge < -0.3 is 20.3 Å². The molecule has 188 valence electrons. The summed E-state index contributed by atoms with van der Waals surface area (Å²) >= 11 is 0. The topological polar surface area (TPSA) is 113 Å². The number of likely N-dealkylation sites (tertiary alicyclic amines) is 1. The molecule has 12 heteroatoms. The Labute approximate surface area is 206 Å². The minimum atomic E-state index is -1.04. The second-order valence-corrected chi connectivity index (χ2v) is 9.08. The van der Waals surface area contributed by atoms with Crippen LogP contribution in [0.15, 0.2) is 54.3 Å². The van der Waals surface area contributed by atoms with Gasteiger partial charge >= 0.3 is 0 Å². The summed E-state index contributed by atoms with van der Waals surface area (Å²) in [6.07, 6.45) is 10.6. The number of aromatic nitrogens is 4. The Hall–Kier alpha value is -3.77. The van der Waals surface area contributed by atoms with Crippen molar-refractivity contribution in [3.05, 3.63) is 65.9 Å². The molecule has 3 aliphatic heterocycles. The Bertz CT molecular complexity index is 1260. The summed E-state index contributed by atoms with van der Waals surface area (Å²) in [5.41, 5.74) is 7.61. The second kappa shape index (κ2) is 9.70. The van der Waals surface area contributed by atoms with Crippen LogP contribution in [0.5, 0.6) is 0 Å². The molecule has 3 unspecified atom stereocenters. The van der Waals surface area contributed by atoms with E-state index in [1.165, 1.54) is 19.1 Å². The van der Waals surface area contributed by atoms with Crippen LogP contribution in [-0.2, 0) is 9.59 Å². The van der Waals surface area contributed by atoms with Crippen LogP contribution in [0.1, 0.15) is 13.3 Å². The molecule has 1 aromatic heterocycles. The minimum Gasteiger partial charge on any atom is -0.332 e. The molecular formula is C24H26F2N8O2. The summed E-state index contributed by atoms with van der Waals surface area (Å²) in [6, 6.07) is 3.34. The molecule has 10 nitrogen and oxygen atoms in total. The highest BCUT2D eigenvalue weighted by Crippen LogP contribution is 2.31. The third-order valence-corrected chi connectivity index (χ3v) is 6.99. The number of aldehydes is 1. The molecule has 2 N–H and O–H groups in total. The first-order valence-electron chi connectivity index (χ1n) is 11.7. The van der Waals surface area contributed by atoms with Gasteiger partial charge in [0.25, 0.3) is 5.95 Å². The molecule has 36 heavy (non-hydrogen) atoms. The van der Waals surface area contributed by atoms with E-state index in [0.29, 0.717) is 26.1 Å². The molecule has 4 atom stereocenters. The summed E-state index contributed by atoms with van der Waals surface area (Å²) in [4.78, 5) is 29.0. The molecule has 1 fully saturated rings. The average Bonchev–Trinajstić information content (AvgIpc) is 3.54. The van der Waals surface area contributed by atoms with Crippen LogP contribution in [0.2, 0.25) is 0 Å². The lowest BCUT2D eigenvalue weighted by Gasteiger charge is -2.41. The van der Waals surface area contributed by atoms with Crippen molar-refractivity contribution < 1.29 is 18.4 Å². The first kappa shape index (κ1) is 23.9. The molecule has 0 spiro atoms. The molecule has 2 aromatic rings. The largest absolute Gasteiger partial charge is 0.332 e. The number of nitrogens with two attached hydrogens (primary N) is 1. The van der Waals surface area contributed by atoms with E-state index in [9.17, 15) is 18.4 Å². The SMILES string of the molecule is CC(=O)N1CC(N2CC=CC(C3=CC=CN(c4nnnn4-c4cccc(F)c4F)C3)C2N)C[C@H]1C=O. The van der Waals surface area contributed by atoms with Crippen LogP contribution in [0.3, 0.4) is 0 Å². The first-order chi connectivity index (χ1) is 17.4. The standard InChI is InChI=1S/C24H26F2N8O2/c1-15(36)33-13-17(11-18(33)14-35)32-10-4-6-19(23(32)27)16-5-3-9-31(12-16)24-28-29-30-34(24)21-8-2-7-20(25)22(21)26/h2-9,14,17-19,23H,10-13,27H2,1H3/t17?,18-,19?,23?/m0/s1. The second-order valence-electron chi connectivity index (χ2n) is 9.08. The molecule has 4 heterocycles. The van der Waals surface area contributed by atoms with E-state index in [-0.39, 0.29) is 35.7 Å². The third-order valence-electron chi connectivity index (χ3n) is 6.99. The number of benzene rings is 1. The van der Waals surface area contributed by atoms with Crippen molar-refractivity contribution in [1.29, 1.82) is 0 Å². The van der Waals surface area contributed by atoms with Gasteiger partial charge in [-0.3, -0.25) is 9.69 Å². The Morgan fingerprint density at radius 3 is 2.86 bits per heavy atom. The molecule has 1 amide bonds. The van der Waals surface area contributed by atoms with E-state index in [0.717, 1.165) is 22.6 Å². The van der Waals surface area contributed by atoms with E-state index in [1.807, 2.05) is 18.2 Å². The van der Waals surface area contributed by atoms with Gasteiger partial charge in [-0.2, -0.15) is 4.68 Å². The third kappa shape index (κ3) is 4.22. The number of carbonyl (C=O) groups is 2. The average molecular weight is 497 g/mol. The van der Waals surface area contributed by atoms with E-state index >= 15 is 0 Å². The molecule has 5 rings (SSSR count). The number of hydrogen-bond donors (Lipinski definition) is 1. The number of allylic oxidation sites excluding steroid dienone is 2. The van der Waals surface area contributed by atoms with Crippen LogP contribution in [-0.4, -0.2) is 80.1 Å². The number of hydrogen-bond acceptors (Lipinski definition) is 8. The Morgan fingerprint density at radius 2 is 2.11 bits per heavy atom. The molecule has 0 bridgehead atoms. The fraction of sp³-hybridized carbons (Fsp3) is 0.375. The van der Waals surface area contributed by atoms with Crippen molar-refractivity contribution >= 4 is 18.1 Å². The maximum atomic E-state index is 14.4. The smallest absolute Gasteiger partial charge is 0.254 e. The quantitative estimate of drug-likeness (QED) is 0.485. The van der Waals surface area contributed by atoms with Crippen molar-refractivity contribution in [2.75, 3.05) is 24.5 Å². The number of carbonyl (C=O) groups excluding carboxylic acids is 2. The predicted molar refractivity (Wildman–Crippen MR) is 127 cm³/mol. The van der Waals surface area contributed by atoms with Crippen molar-refractivity contribution in [3.8, 4) is 5.69 Å². The highest BCUT2D eigenvalue weighted by Gasteiger charge is 2.41. The lowest BCUT2D eigenvalue weighted by atomic mass is 9.89. The monoisotopic (exact) mass is 496 g/mol. The minimum absolute atomic E-state index is 0.0364. The molecule has 0 aliphatic carbocycles. The first-order valence-corrected chi connectivity index (χ1v) is 11.7. The van der Waals surface area contributed by atoms with Gasteiger partial charge in [-0.05, 0) is 40.6 Å². The van der Waals surface area contributed by atoms with Crippen molar-refractivity contribution in [2.45, 2.75) is 31.6 Å². The summed E-state index contributed by atoms with van der Waals surface area (Å²) in [5, 5.41) is 11.6. The van der Waals surface area contributed by atoms with Crippen LogP contribution in [0.4, 0.5) is 14.7 Å². The van der Waals surface area contributed by atoms with Gasteiger partial charge in [0.05, 0.1) is 12.2 Å². The zero-order valence-corrected chi connectivity index (χ0v) is 19.6. The number of halogens is 2. The van der Waals surface area contributed by atoms with Crippen LogP contribution < -0.4 is 10.6 Å².